The first kappa shape index (κ1) is 15.2. The number of aryl methyl sites for hydroxylation is 1. The van der Waals surface area contributed by atoms with Crippen LogP contribution in [0.3, 0.4) is 0 Å². The van der Waals surface area contributed by atoms with Gasteiger partial charge < -0.3 is 4.90 Å². The molecule has 2 aromatic rings. The van der Waals surface area contributed by atoms with Crippen LogP contribution in [0.1, 0.15) is 11.1 Å². The fraction of sp³-hybridized carbons (Fsp3) is 0.400. The number of anilines is 1. The van der Waals surface area contributed by atoms with Crippen LogP contribution in [-0.4, -0.2) is 46.3 Å². The third-order valence-corrected chi connectivity index (χ3v) is 4.80. The highest BCUT2D eigenvalue weighted by Crippen LogP contribution is 2.22. The number of hydrogen-bond acceptors (Lipinski definition) is 5. The van der Waals surface area contributed by atoms with Crippen LogP contribution in [0.2, 0.25) is 0 Å². The topological polar surface area (TPSA) is 65.1 Å². The molecule has 1 aliphatic heterocycles. The molecule has 0 saturated carbocycles. The van der Waals surface area contributed by atoms with Gasteiger partial charge in [-0.2, -0.15) is 5.10 Å². The van der Waals surface area contributed by atoms with Gasteiger partial charge in [0.05, 0.1) is 11.9 Å². The number of pyridine rings is 1. The van der Waals surface area contributed by atoms with Crippen LogP contribution < -0.4 is 10.5 Å². The molecule has 7 heteroatoms. The number of hydrogen-bond donors (Lipinski definition) is 1. The van der Waals surface area contributed by atoms with Crippen molar-refractivity contribution in [1.29, 1.82) is 0 Å². The maximum Gasteiger partial charge on any atom is 0.280 e. The third kappa shape index (κ3) is 3.20. The Labute approximate surface area is 137 Å². The van der Waals surface area contributed by atoms with Gasteiger partial charge in [0.15, 0.2) is 0 Å². The number of aromatic nitrogens is 3. The van der Waals surface area contributed by atoms with Crippen molar-refractivity contribution in [2.75, 3.05) is 31.1 Å². The molecule has 0 unspecified atom stereocenters. The minimum atomic E-state index is -0.189. The van der Waals surface area contributed by atoms with Crippen LogP contribution in [0.5, 0.6) is 0 Å². The van der Waals surface area contributed by atoms with Crippen LogP contribution in [0.4, 0.5) is 5.69 Å². The van der Waals surface area contributed by atoms with Gasteiger partial charge >= 0.3 is 0 Å². The zero-order valence-electron chi connectivity index (χ0n) is 12.4. The average molecular weight is 364 g/mol. The van der Waals surface area contributed by atoms with Crippen LogP contribution in [0.15, 0.2) is 33.9 Å². The van der Waals surface area contributed by atoms with E-state index in [0.29, 0.717) is 4.47 Å². The number of nitrogens with one attached hydrogen (secondary N) is 1. The smallest absolute Gasteiger partial charge is 0.280 e. The van der Waals surface area contributed by atoms with E-state index in [0.717, 1.165) is 38.4 Å². The van der Waals surface area contributed by atoms with Gasteiger partial charge in [-0.05, 0) is 40.0 Å². The molecule has 0 aromatic carbocycles. The van der Waals surface area contributed by atoms with Gasteiger partial charge in [-0.15, -0.1) is 0 Å². The summed E-state index contributed by atoms with van der Waals surface area (Å²) in [4.78, 5) is 20.4. The first-order valence-corrected chi connectivity index (χ1v) is 8.04. The molecule has 0 spiro atoms. The number of aromatic amines is 1. The molecule has 0 atom stereocenters. The Kier molecular flexibility index (Phi) is 4.54. The number of halogens is 1. The molecular weight excluding hydrogens is 346 g/mol. The molecule has 22 heavy (non-hydrogen) atoms. The molecule has 1 aliphatic rings. The van der Waals surface area contributed by atoms with Crippen molar-refractivity contribution in [2.24, 2.45) is 0 Å². The fourth-order valence-electron chi connectivity index (χ4n) is 2.64. The predicted octanol–water partition coefficient (Wildman–Crippen LogP) is 1.56. The molecule has 3 rings (SSSR count). The molecule has 0 amide bonds. The van der Waals surface area contributed by atoms with E-state index in [2.05, 4.69) is 47.8 Å². The van der Waals surface area contributed by atoms with Crippen LogP contribution in [0.25, 0.3) is 0 Å². The highest BCUT2D eigenvalue weighted by Gasteiger charge is 2.20. The molecule has 3 heterocycles. The van der Waals surface area contributed by atoms with E-state index in [1.54, 1.807) is 6.20 Å². The van der Waals surface area contributed by atoms with Gasteiger partial charge in [0.1, 0.15) is 4.47 Å². The molecule has 0 aliphatic carbocycles. The van der Waals surface area contributed by atoms with Crippen molar-refractivity contribution in [1.82, 2.24) is 20.1 Å². The molecule has 1 saturated heterocycles. The Bertz CT molecular complexity index is 709. The summed E-state index contributed by atoms with van der Waals surface area (Å²) in [6.45, 7) is 6.70. The van der Waals surface area contributed by atoms with E-state index in [-0.39, 0.29) is 5.56 Å². The van der Waals surface area contributed by atoms with Crippen molar-refractivity contribution >= 4 is 21.6 Å². The van der Waals surface area contributed by atoms with E-state index in [1.807, 2.05) is 18.5 Å². The summed E-state index contributed by atoms with van der Waals surface area (Å²) in [7, 11) is 0. The quantitative estimate of drug-likeness (QED) is 0.896. The van der Waals surface area contributed by atoms with Crippen molar-refractivity contribution in [3.8, 4) is 0 Å². The Hall–Kier alpha value is -1.73. The second-order valence-electron chi connectivity index (χ2n) is 5.46. The maximum atomic E-state index is 11.6. The molecule has 116 valence electrons. The summed E-state index contributed by atoms with van der Waals surface area (Å²) in [5.74, 6) is 0. The summed E-state index contributed by atoms with van der Waals surface area (Å²) in [5.41, 5.74) is 3.22. The fourth-order valence-corrected chi connectivity index (χ4v) is 3.09. The zero-order valence-corrected chi connectivity index (χ0v) is 14.0. The number of piperazine rings is 1. The monoisotopic (exact) mass is 363 g/mol. The summed E-state index contributed by atoms with van der Waals surface area (Å²) in [6, 6.07) is 2.05. The molecule has 1 N–H and O–H groups in total. The van der Waals surface area contributed by atoms with Crippen LogP contribution >= 0.6 is 15.9 Å². The van der Waals surface area contributed by atoms with Gasteiger partial charge in [-0.1, -0.05) is 0 Å². The summed E-state index contributed by atoms with van der Waals surface area (Å²) in [5, 5.41) is 6.32. The summed E-state index contributed by atoms with van der Waals surface area (Å²) >= 11 is 3.35. The second-order valence-corrected chi connectivity index (χ2v) is 6.26. The van der Waals surface area contributed by atoms with Gasteiger partial charge in [0.25, 0.3) is 5.56 Å². The second kappa shape index (κ2) is 6.58. The lowest BCUT2D eigenvalue weighted by Gasteiger charge is -2.36. The summed E-state index contributed by atoms with van der Waals surface area (Å²) < 4.78 is 0.555. The SMILES string of the molecule is Cc1ccncc1CN1CCN(c2cn[nH]c(=O)c2Br)CC1. The van der Waals surface area contributed by atoms with Crippen molar-refractivity contribution in [2.45, 2.75) is 13.5 Å². The lowest BCUT2D eigenvalue weighted by Crippen LogP contribution is -2.46. The van der Waals surface area contributed by atoms with Crippen LogP contribution in [0, 0.1) is 6.92 Å². The van der Waals surface area contributed by atoms with E-state index in [1.165, 1.54) is 11.1 Å². The van der Waals surface area contributed by atoms with Gasteiger partial charge in [-0.25, -0.2) is 5.10 Å². The number of nitrogens with zero attached hydrogens (tertiary/aromatic N) is 4. The van der Waals surface area contributed by atoms with Crippen molar-refractivity contribution < 1.29 is 0 Å². The van der Waals surface area contributed by atoms with E-state index < -0.39 is 0 Å². The Balaban J connectivity index is 1.64. The van der Waals surface area contributed by atoms with E-state index in [9.17, 15) is 4.79 Å². The summed E-state index contributed by atoms with van der Waals surface area (Å²) in [6.07, 6.45) is 5.47. The Morgan fingerprint density at radius 1 is 1.27 bits per heavy atom. The lowest BCUT2D eigenvalue weighted by atomic mass is 10.1. The molecule has 0 radical (unpaired) electrons. The van der Waals surface area contributed by atoms with Gasteiger partial charge in [0, 0.05) is 45.1 Å². The van der Waals surface area contributed by atoms with Crippen molar-refractivity contribution in [3.05, 3.63) is 50.6 Å². The largest absolute Gasteiger partial charge is 0.367 e. The number of H-pyrrole nitrogens is 1. The average Bonchev–Trinajstić information content (AvgIpc) is 2.53. The normalized spacial score (nSPS) is 16.0. The Morgan fingerprint density at radius 2 is 2.05 bits per heavy atom. The maximum absolute atomic E-state index is 11.6. The standard InChI is InChI=1S/C15H18BrN5O/c1-11-2-3-17-8-12(11)10-20-4-6-21(7-5-20)13-9-18-19-15(22)14(13)16/h2-3,8-9H,4-7,10H2,1H3,(H,19,22). The minimum Gasteiger partial charge on any atom is -0.367 e. The molecule has 2 aromatic heterocycles. The third-order valence-electron chi connectivity index (χ3n) is 4.03. The number of rotatable bonds is 3. The highest BCUT2D eigenvalue weighted by molar-refractivity contribution is 9.10. The van der Waals surface area contributed by atoms with Gasteiger partial charge in [0.2, 0.25) is 0 Å². The lowest BCUT2D eigenvalue weighted by molar-refractivity contribution is 0.249. The molecule has 6 nitrogen and oxygen atoms in total. The predicted molar refractivity (Wildman–Crippen MR) is 89.0 cm³/mol. The van der Waals surface area contributed by atoms with E-state index >= 15 is 0 Å². The van der Waals surface area contributed by atoms with E-state index in [4.69, 9.17) is 0 Å². The molecular formula is C15H18BrN5O. The first-order chi connectivity index (χ1) is 10.6. The van der Waals surface area contributed by atoms with Crippen LogP contribution in [-0.2, 0) is 6.54 Å². The first-order valence-electron chi connectivity index (χ1n) is 7.25. The Morgan fingerprint density at radius 3 is 2.77 bits per heavy atom. The molecule has 1 fully saturated rings. The minimum absolute atomic E-state index is 0.189. The molecule has 0 bridgehead atoms. The van der Waals surface area contributed by atoms with Crippen molar-refractivity contribution in [3.63, 3.8) is 0 Å². The van der Waals surface area contributed by atoms with Gasteiger partial charge in [-0.3, -0.25) is 14.7 Å². The highest BCUT2D eigenvalue weighted by atomic mass is 79.9. The zero-order chi connectivity index (χ0) is 15.5.